The first-order valence-electron chi connectivity index (χ1n) is 6.09. The molecule has 1 aliphatic rings. The van der Waals surface area contributed by atoms with Crippen LogP contribution in [0.5, 0.6) is 5.75 Å². The van der Waals surface area contributed by atoms with E-state index in [0.29, 0.717) is 6.61 Å². The van der Waals surface area contributed by atoms with E-state index in [1.807, 2.05) is 20.8 Å². The third kappa shape index (κ3) is 1.96. The first kappa shape index (κ1) is 12.9. The van der Waals surface area contributed by atoms with Gasteiger partial charge in [0.25, 0.3) is 5.69 Å². The highest BCUT2D eigenvalue weighted by Crippen LogP contribution is 2.46. The lowest BCUT2D eigenvalue weighted by atomic mass is 9.80. The summed E-state index contributed by atoms with van der Waals surface area (Å²) in [5, 5.41) is 11.1. The molecule has 1 aliphatic heterocycles. The molecule has 0 radical (unpaired) electrons. The molecule has 0 saturated carbocycles. The van der Waals surface area contributed by atoms with E-state index in [4.69, 9.17) is 4.74 Å². The summed E-state index contributed by atoms with van der Waals surface area (Å²) in [5.74, 6) is 0.832. The van der Waals surface area contributed by atoms with Gasteiger partial charge in [0.15, 0.2) is 0 Å². The molecule has 98 valence electrons. The van der Waals surface area contributed by atoms with Crippen molar-refractivity contribution >= 4 is 5.69 Å². The highest BCUT2D eigenvalue weighted by Gasteiger charge is 2.37. The fraction of sp³-hybridized carbons (Fsp3) is 0.571. The van der Waals surface area contributed by atoms with Crippen LogP contribution in [-0.2, 0) is 10.8 Å². The minimum atomic E-state index is -0.329. The molecular formula is C14H19NO3. The number of fused-ring (bicyclic) bond motifs is 1. The van der Waals surface area contributed by atoms with Crippen molar-refractivity contribution in [1.29, 1.82) is 0 Å². The van der Waals surface area contributed by atoms with Gasteiger partial charge in [0, 0.05) is 28.7 Å². The van der Waals surface area contributed by atoms with Crippen LogP contribution in [0.25, 0.3) is 0 Å². The Labute approximate surface area is 107 Å². The molecule has 0 amide bonds. The van der Waals surface area contributed by atoms with Crippen LogP contribution in [0.3, 0.4) is 0 Å². The number of benzene rings is 1. The topological polar surface area (TPSA) is 52.4 Å². The Morgan fingerprint density at radius 2 is 1.94 bits per heavy atom. The van der Waals surface area contributed by atoms with Crippen LogP contribution in [-0.4, -0.2) is 11.5 Å². The lowest BCUT2D eigenvalue weighted by Crippen LogP contribution is -2.18. The predicted molar refractivity (Wildman–Crippen MR) is 70.3 cm³/mol. The first-order valence-corrected chi connectivity index (χ1v) is 6.09. The lowest BCUT2D eigenvalue weighted by molar-refractivity contribution is -0.385. The third-order valence-corrected chi connectivity index (χ3v) is 3.40. The van der Waals surface area contributed by atoms with Crippen molar-refractivity contribution in [3.05, 3.63) is 33.4 Å². The van der Waals surface area contributed by atoms with E-state index in [1.54, 1.807) is 12.1 Å². The predicted octanol–water partition coefficient (Wildman–Crippen LogP) is 3.56. The van der Waals surface area contributed by atoms with Crippen LogP contribution in [0.4, 0.5) is 5.69 Å². The van der Waals surface area contributed by atoms with Crippen LogP contribution >= 0.6 is 0 Å². The van der Waals surface area contributed by atoms with Crippen molar-refractivity contribution < 1.29 is 9.66 Å². The van der Waals surface area contributed by atoms with Crippen molar-refractivity contribution in [2.75, 3.05) is 6.61 Å². The van der Waals surface area contributed by atoms with Gasteiger partial charge in [-0.05, 0) is 5.41 Å². The monoisotopic (exact) mass is 249 g/mol. The number of ether oxygens (including phenoxy) is 1. The molecule has 1 aromatic carbocycles. The summed E-state index contributed by atoms with van der Waals surface area (Å²) in [6, 6.07) is 3.29. The molecule has 0 fully saturated rings. The third-order valence-electron chi connectivity index (χ3n) is 3.40. The highest BCUT2D eigenvalue weighted by molar-refractivity contribution is 5.57. The van der Waals surface area contributed by atoms with Gasteiger partial charge in [0.05, 0.1) is 11.5 Å². The molecule has 0 aliphatic carbocycles. The molecule has 1 heterocycles. The second kappa shape index (κ2) is 3.70. The number of nitrogens with zero attached hydrogens (tertiary/aromatic N) is 1. The van der Waals surface area contributed by atoms with E-state index in [2.05, 4.69) is 13.8 Å². The molecule has 1 aromatic rings. The maximum atomic E-state index is 11.1. The zero-order chi connectivity index (χ0) is 13.7. The Balaban J connectivity index is 2.73. The van der Waals surface area contributed by atoms with Crippen molar-refractivity contribution in [2.24, 2.45) is 0 Å². The summed E-state index contributed by atoms with van der Waals surface area (Å²) in [6.45, 7) is 10.8. The van der Waals surface area contributed by atoms with Gasteiger partial charge < -0.3 is 4.74 Å². The molecule has 0 N–H and O–H groups in total. The van der Waals surface area contributed by atoms with Crippen LogP contribution < -0.4 is 4.74 Å². The summed E-state index contributed by atoms with van der Waals surface area (Å²) < 4.78 is 5.78. The number of nitro benzene ring substituents is 1. The van der Waals surface area contributed by atoms with Gasteiger partial charge in [-0.25, -0.2) is 0 Å². The number of hydrogen-bond acceptors (Lipinski definition) is 3. The number of hydrogen-bond donors (Lipinski definition) is 0. The van der Waals surface area contributed by atoms with Gasteiger partial charge in [0.1, 0.15) is 5.75 Å². The highest BCUT2D eigenvalue weighted by atomic mass is 16.6. The fourth-order valence-electron chi connectivity index (χ4n) is 2.26. The van der Waals surface area contributed by atoms with E-state index in [9.17, 15) is 10.1 Å². The lowest BCUT2D eigenvalue weighted by Gasteiger charge is -2.22. The van der Waals surface area contributed by atoms with Gasteiger partial charge in [0.2, 0.25) is 0 Å². The van der Waals surface area contributed by atoms with Gasteiger partial charge in [-0.3, -0.25) is 10.1 Å². The fourth-order valence-corrected chi connectivity index (χ4v) is 2.26. The minimum Gasteiger partial charge on any atom is -0.492 e. The second-order valence-corrected chi connectivity index (χ2v) is 6.55. The van der Waals surface area contributed by atoms with E-state index in [0.717, 1.165) is 16.9 Å². The van der Waals surface area contributed by atoms with Gasteiger partial charge in [-0.1, -0.05) is 34.6 Å². The standard InChI is InChI=1S/C14H19NO3/c1-13(2,3)10-6-9(15(16)17)7-11-12(10)18-8-14(11,4)5/h6-7H,8H2,1-5H3. The zero-order valence-electron chi connectivity index (χ0n) is 11.5. The summed E-state index contributed by atoms with van der Waals surface area (Å²) in [6.07, 6.45) is 0. The zero-order valence-corrected chi connectivity index (χ0v) is 11.5. The maximum Gasteiger partial charge on any atom is 0.270 e. The molecule has 0 unspecified atom stereocenters. The van der Waals surface area contributed by atoms with Gasteiger partial charge >= 0.3 is 0 Å². The summed E-state index contributed by atoms with van der Waals surface area (Å²) >= 11 is 0. The molecule has 18 heavy (non-hydrogen) atoms. The average molecular weight is 249 g/mol. The van der Waals surface area contributed by atoms with Crippen molar-refractivity contribution in [3.63, 3.8) is 0 Å². The van der Waals surface area contributed by atoms with E-state index < -0.39 is 0 Å². The minimum absolute atomic E-state index is 0.150. The van der Waals surface area contributed by atoms with Crippen LogP contribution in [0.1, 0.15) is 45.7 Å². The summed E-state index contributed by atoms with van der Waals surface area (Å²) in [4.78, 5) is 10.7. The molecule has 0 spiro atoms. The van der Waals surface area contributed by atoms with Gasteiger partial charge in [-0.2, -0.15) is 0 Å². The SMILES string of the molecule is CC(C)(C)c1cc([N+](=O)[O-])cc2c1OCC2(C)C. The molecule has 4 nitrogen and oxygen atoms in total. The Morgan fingerprint density at radius 1 is 1.33 bits per heavy atom. The number of rotatable bonds is 1. The average Bonchev–Trinajstić information content (AvgIpc) is 2.52. The molecule has 0 bridgehead atoms. The second-order valence-electron chi connectivity index (χ2n) is 6.55. The van der Waals surface area contributed by atoms with E-state index in [1.165, 1.54) is 0 Å². The molecule has 2 rings (SSSR count). The van der Waals surface area contributed by atoms with Crippen LogP contribution in [0.2, 0.25) is 0 Å². The Bertz CT molecular complexity index is 513. The van der Waals surface area contributed by atoms with Crippen LogP contribution in [0.15, 0.2) is 12.1 Å². The summed E-state index contributed by atoms with van der Waals surface area (Å²) in [7, 11) is 0. The number of non-ortho nitro benzene ring substituents is 1. The summed E-state index contributed by atoms with van der Waals surface area (Å²) in [5.41, 5.74) is 1.67. The van der Waals surface area contributed by atoms with E-state index >= 15 is 0 Å². The molecule has 0 atom stereocenters. The smallest absolute Gasteiger partial charge is 0.270 e. The van der Waals surface area contributed by atoms with Crippen molar-refractivity contribution in [3.8, 4) is 5.75 Å². The van der Waals surface area contributed by atoms with Crippen molar-refractivity contribution in [2.45, 2.75) is 45.4 Å². The first-order chi connectivity index (χ1) is 8.13. The van der Waals surface area contributed by atoms with Crippen molar-refractivity contribution in [1.82, 2.24) is 0 Å². The van der Waals surface area contributed by atoms with Crippen LogP contribution in [0, 0.1) is 10.1 Å². The Kier molecular flexibility index (Phi) is 2.65. The quantitative estimate of drug-likeness (QED) is 0.564. The molecule has 4 heteroatoms. The van der Waals surface area contributed by atoms with E-state index in [-0.39, 0.29) is 21.4 Å². The Morgan fingerprint density at radius 3 is 2.44 bits per heavy atom. The van der Waals surface area contributed by atoms with Gasteiger partial charge in [-0.15, -0.1) is 0 Å². The normalized spacial score (nSPS) is 17.2. The maximum absolute atomic E-state index is 11.1. The molecule has 0 aromatic heterocycles. The Hall–Kier alpha value is -1.58. The molecule has 0 saturated heterocycles. The number of nitro groups is 1. The largest absolute Gasteiger partial charge is 0.492 e. The molecular weight excluding hydrogens is 230 g/mol.